The fraction of sp³-hybridized carbons (Fsp3) is 0.625. The van der Waals surface area contributed by atoms with Gasteiger partial charge in [-0.15, -0.1) is 0 Å². The highest BCUT2D eigenvalue weighted by Gasteiger charge is 2.16. The summed E-state index contributed by atoms with van der Waals surface area (Å²) in [4.78, 5) is 5.11. The number of nitrogens with zero attached hydrogens (tertiary/aromatic N) is 2. The average molecular weight is 246 g/mol. The number of benzene rings is 1. The number of rotatable bonds is 4. The van der Waals surface area contributed by atoms with Crippen LogP contribution < -0.4 is 4.90 Å². The normalized spacial score (nSPS) is 17.4. The van der Waals surface area contributed by atoms with Crippen molar-refractivity contribution in [1.82, 2.24) is 4.90 Å². The Kier molecular flexibility index (Phi) is 4.65. The van der Waals surface area contributed by atoms with Gasteiger partial charge in [-0.05, 0) is 37.9 Å². The molecular formula is C16H26N2. The maximum absolute atomic E-state index is 2.60. The summed E-state index contributed by atoms with van der Waals surface area (Å²) in [5, 5.41) is 0. The van der Waals surface area contributed by atoms with Crippen LogP contribution in [0.25, 0.3) is 0 Å². The van der Waals surface area contributed by atoms with Gasteiger partial charge in [0.25, 0.3) is 0 Å². The average Bonchev–Trinajstić information content (AvgIpc) is 2.38. The van der Waals surface area contributed by atoms with Gasteiger partial charge in [0.1, 0.15) is 0 Å². The zero-order valence-corrected chi connectivity index (χ0v) is 12.0. The van der Waals surface area contributed by atoms with Gasteiger partial charge in [-0.1, -0.05) is 31.5 Å². The van der Waals surface area contributed by atoms with E-state index in [0.29, 0.717) is 0 Å². The van der Waals surface area contributed by atoms with E-state index < -0.39 is 0 Å². The molecule has 0 bridgehead atoms. The van der Waals surface area contributed by atoms with Crippen molar-refractivity contribution in [2.45, 2.75) is 27.2 Å². The molecule has 1 aliphatic rings. The van der Waals surface area contributed by atoms with Crippen LogP contribution in [-0.4, -0.2) is 37.6 Å². The van der Waals surface area contributed by atoms with E-state index in [-0.39, 0.29) is 0 Å². The third kappa shape index (κ3) is 3.74. The summed E-state index contributed by atoms with van der Waals surface area (Å²) in [5.41, 5.74) is 2.72. The van der Waals surface area contributed by atoms with E-state index >= 15 is 0 Å². The van der Waals surface area contributed by atoms with Crippen LogP contribution in [-0.2, 0) is 0 Å². The smallest absolute Gasteiger partial charge is 0.0367 e. The highest BCUT2D eigenvalue weighted by Crippen LogP contribution is 2.17. The molecule has 1 heterocycles. The molecule has 0 saturated carbocycles. The first-order valence-corrected chi connectivity index (χ1v) is 7.19. The lowest BCUT2D eigenvalue weighted by Crippen LogP contribution is -2.46. The van der Waals surface area contributed by atoms with Gasteiger partial charge in [0, 0.05) is 31.9 Å². The fourth-order valence-corrected chi connectivity index (χ4v) is 2.43. The minimum atomic E-state index is 0.820. The Hall–Kier alpha value is -1.02. The third-order valence-corrected chi connectivity index (χ3v) is 3.79. The Morgan fingerprint density at radius 3 is 2.17 bits per heavy atom. The number of aryl methyl sites for hydroxylation is 1. The molecule has 0 unspecified atom stereocenters. The summed E-state index contributed by atoms with van der Waals surface area (Å²) in [6.45, 7) is 12.8. The number of piperazine rings is 1. The van der Waals surface area contributed by atoms with Crippen LogP contribution in [0.5, 0.6) is 0 Å². The molecule has 1 saturated heterocycles. The summed E-state index contributed by atoms with van der Waals surface area (Å²) < 4.78 is 0. The second kappa shape index (κ2) is 6.24. The molecule has 0 aromatic heterocycles. The number of hydrogen-bond donors (Lipinski definition) is 0. The van der Waals surface area contributed by atoms with Crippen molar-refractivity contribution in [3.63, 3.8) is 0 Å². The van der Waals surface area contributed by atoms with Crippen LogP contribution in [0.3, 0.4) is 0 Å². The molecule has 1 aromatic rings. The van der Waals surface area contributed by atoms with Gasteiger partial charge in [-0.2, -0.15) is 0 Å². The third-order valence-electron chi connectivity index (χ3n) is 3.79. The lowest BCUT2D eigenvalue weighted by molar-refractivity contribution is 0.244. The van der Waals surface area contributed by atoms with E-state index in [2.05, 4.69) is 54.8 Å². The highest BCUT2D eigenvalue weighted by molar-refractivity contribution is 5.47. The monoisotopic (exact) mass is 246 g/mol. The Morgan fingerprint density at radius 2 is 1.61 bits per heavy atom. The largest absolute Gasteiger partial charge is 0.369 e. The molecule has 1 fully saturated rings. The predicted octanol–water partition coefficient (Wildman–Crippen LogP) is 3.16. The van der Waals surface area contributed by atoms with Crippen LogP contribution >= 0.6 is 0 Å². The molecule has 0 amide bonds. The van der Waals surface area contributed by atoms with Gasteiger partial charge in [0.2, 0.25) is 0 Å². The summed E-state index contributed by atoms with van der Waals surface area (Å²) in [6, 6.07) is 8.92. The minimum Gasteiger partial charge on any atom is -0.369 e. The molecule has 1 aliphatic heterocycles. The molecule has 2 nitrogen and oxygen atoms in total. The van der Waals surface area contributed by atoms with Crippen LogP contribution in [0.2, 0.25) is 0 Å². The maximum atomic E-state index is 2.60. The Bertz CT molecular complexity index is 348. The summed E-state index contributed by atoms with van der Waals surface area (Å²) >= 11 is 0. The number of anilines is 1. The Morgan fingerprint density at radius 1 is 1.00 bits per heavy atom. The van der Waals surface area contributed by atoms with Crippen LogP contribution in [0.4, 0.5) is 5.69 Å². The standard InChI is InChI=1S/C16H26N2/c1-14(2)8-9-17-10-12-18(13-11-17)16-6-4-15(3)5-7-16/h4-7,14H,8-13H2,1-3H3. The lowest BCUT2D eigenvalue weighted by atomic mass is 10.1. The van der Waals surface area contributed by atoms with Gasteiger partial charge < -0.3 is 4.90 Å². The SMILES string of the molecule is Cc1ccc(N2CCN(CCC(C)C)CC2)cc1. The minimum absolute atomic E-state index is 0.820. The van der Waals surface area contributed by atoms with Crippen LogP contribution in [0.15, 0.2) is 24.3 Å². The van der Waals surface area contributed by atoms with Crippen LogP contribution in [0.1, 0.15) is 25.8 Å². The van der Waals surface area contributed by atoms with Crippen molar-refractivity contribution in [2.24, 2.45) is 5.92 Å². The summed E-state index contributed by atoms with van der Waals surface area (Å²) in [6.07, 6.45) is 1.32. The van der Waals surface area contributed by atoms with E-state index in [9.17, 15) is 0 Å². The first kappa shape index (κ1) is 13.4. The molecule has 2 rings (SSSR count). The van der Waals surface area contributed by atoms with E-state index in [1.54, 1.807) is 0 Å². The zero-order valence-electron chi connectivity index (χ0n) is 12.0. The molecule has 18 heavy (non-hydrogen) atoms. The van der Waals surface area contributed by atoms with Gasteiger partial charge >= 0.3 is 0 Å². The molecule has 2 heteroatoms. The zero-order chi connectivity index (χ0) is 13.0. The molecule has 100 valence electrons. The van der Waals surface area contributed by atoms with Crippen molar-refractivity contribution >= 4 is 5.69 Å². The first-order chi connectivity index (χ1) is 8.65. The molecule has 0 aliphatic carbocycles. The topological polar surface area (TPSA) is 6.48 Å². The molecule has 0 N–H and O–H groups in total. The van der Waals surface area contributed by atoms with Gasteiger partial charge in [0.05, 0.1) is 0 Å². The predicted molar refractivity (Wildman–Crippen MR) is 79.3 cm³/mol. The van der Waals surface area contributed by atoms with Crippen molar-refractivity contribution in [3.05, 3.63) is 29.8 Å². The molecular weight excluding hydrogens is 220 g/mol. The first-order valence-electron chi connectivity index (χ1n) is 7.19. The Labute approximate surface area is 112 Å². The quantitative estimate of drug-likeness (QED) is 0.805. The van der Waals surface area contributed by atoms with Gasteiger partial charge in [0.15, 0.2) is 0 Å². The number of hydrogen-bond acceptors (Lipinski definition) is 2. The van der Waals surface area contributed by atoms with E-state index in [1.807, 2.05) is 0 Å². The van der Waals surface area contributed by atoms with Gasteiger partial charge in [-0.25, -0.2) is 0 Å². The molecule has 1 aromatic carbocycles. The fourth-order valence-electron chi connectivity index (χ4n) is 2.43. The summed E-state index contributed by atoms with van der Waals surface area (Å²) in [5.74, 6) is 0.820. The van der Waals surface area contributed by atoms with Gasteiger partial charge in [-0.3, -0.25) is 4.90 Å². The second-order valence-electron chi connectivity index (χ2n) is 5.85. The van der Waals surface area contributed by atoms with E-state index in [4.69, 9.17) is 0 Å². The Balaban J connectivity index is 1.81. The van der Waals surface area contributed by atoms with Crippen LogP contribution in [0, 0.1) is 12.8 Å². The molecule has 0 atom stereocenters. The van der Waals surface area contributed by atoms with Crippen molar-refractivity contribution < 1.29 is 0 Å². The van der Waals surface area contributed by atoms with E-state index in [0.717, 1.165) is 5.92 Å². The highest BCUT2D eigenvalue weighted by atomic mass is 15.3. The maximum Gasteiger partial charge on any atom is 0.0367 e. The molecule has 0 spiro atoms. The lowest BCUT2D eigenvalue weighted by Gasteiger charge is -2.36. The second-order valence-corrected chi connectivity index (χ2v) is 5.85. The van der Waals surface area contributed by atoms with E-state index in [1.165, 1.54) is 50.4 Å². The van der Waals surface area contributed by atoms with Crippen molar-refractivity contribution in [3.8, 4) is 0 Å². The summed E-state index contributed by atoms with van der Waals surface area (Å²) in [7, 11) is 0. The van der Waals surface area contributed by atoms with Crippen molar-refractivity contribution in [2.75, 3.05) is 37.6 Å². The van der Waals surface area contributed by atoms with Crippen molar-refractivity contribution in [1.29, 1.82) is 0 Å². The molecule has 0 radical (unpaired) electrons.